The maximum Gasteiger partial charge on any atom is 0.313 e. The number of sulfonamides is 1. The molecule has 0 bridgehead atoms. The molecule has 0 fully saturated rings. The fraction of sp³-hybridized carbons (Fsp3) is 0.286. The van der Waals surface area contributed by atoms with E-state index in [-0.39, 0.29) is 5.75 Å². The van der Waals surface area contributed by atoms with Gasteiger partial charge in [0, 0.05) is 11.8 Å². The van der Waals surface area contributed by atoms with E-state index >= 15 is 0 Å². The van der Waals surface area contributed by atoms with Crippen molar-refractivity contribution in [3.05, 3.63) is 47.9 Å². The first kappa shape index (κ1) is 16.0. The molecule has 2 N–H and O–H groups in total. The number of carboxylic acids is 1. The molecule has 1 aromatic carbocycles. The van der Waals surface area contributed by atoms with E-state index in [4.69, 9.17) is 5.11 Å². The topological polar surface area (TPSA) is 110 Å². The molecule has 22 heavy (non-hydrogen) atoms. The van der Waals surface area contributed by atoms with E-state index in [9.17, 15) is 13.2 Å². The highest BCUT2D eigenvalue weighted by Crippen LogP contribution is 2.25. The molecule has 0 atom stereocenters. The van der Waals surface area contributed by atoms with Gasteiger partial charge in [-0.05, 0) is 31.5 Å². The second-order valence-electron chi connectivity index (χ2n) is 5.36. The maximum absolute atomic E-state index is 12.0. The number of nitrogens with zero attached hydrogens (tertiary/aromatic N) is 1. The Labute approximate surface area is 128 Å². The van der Waals surface area contributed by atoms with Gasteiger partial charge in [0.05, 0.1) is 5.41 Å². The number of rotatable bonds is 6. The van der Waals surface area contributed by atoms with Crippen LogP contribution in [0.4, 0.5) is 5.69 Å². The van der Waals surface area contributed by atoms with Crippen molar-refractivity contribution >= 4 is 21.7 Å². The normalized spacial score (nSPS) is 12.1. The van der Waals surface area contributed by atoms with E-state index in [0.717, 1.165) is 0 Å². The molecule has 0 saturated heterocycles. The van der Waals surface area contributed by atoms with Gasteiger partial charge in [-0.15, -0.1) is 0 Å². The van der Waals surface area contributed by atoms with Crippen molar-refractivity contribution in [3.63, 3.8) is 0 Å². The highest BCUT2D eigenvalue weighted by Gasteiger charge is 2.29. The summed E-state index contributed by atoms with van der Waals surface area (Å²) in [6, 6.07) is 7.70. The molecule has 0 saturated carbocycles. The fourth-order valence-electron chi connectivity index (χ4n) is 1.80. The molecule has 0 aliphatic heterocycles. The Morgan fingerprint density at radius 2 is 1.91 bits per heavy atom. The third-order valence-corrected chi connectivity index (χ3v) is 4.47. The van der Waals surface area contributed by atoms with Gasteiger partial charge in [-0.2, -0.15) is 0 Å². The van der Waals surface area contributed by atoms with Crippen molar-refractivity contribution in [2.45, 2.75) is 25.0 Å². The molecule has 2 aromatic rings. The van der Waals surface area contributed by atoms with Crippen LogP contribution in [0.25, 0.3) is 0 Å². The second kappa shape index (κ2) is 5.80. The number of hydrogen-bond donors (Lipinski definition) is 2. The van der Waals surface area contributed by atoms with Crippen LogP contribution in [0.1, 0.15) is 25.1 Å². The maximum atomic E-state index is 12.0. The Balaban J connectivity index is 2.13. The van der Waals surface area contributed by atoms with Crippen molar-refractivity contribution < 1.29 is 22.8 Å². The van der Waals surface area contributed by atoms with E-state index in [1.165, 1.54) is 24.5 Å². The summed E-state index contributed by atoms with van der Waals surface area (Å²) in [7, 11) is -3.61. The van der Waals surface area contributed by atoms with Crippen LogP contribution in [-0.2, 0) is 26.0 Å². The van der Waals surface area contributed by atoms with Gasteiger partial charge in [0.25, 0.3) is 0 Å². The molecule has 1 aromatic heterocycles. The molecule has 0 aliphatic rings. The molecule has 0 aliphatic carbocycles. The minimum Gasteiger partial charge on any atom is -0.481 e. The first-order valence-electron chi connectivity index (χ1n) is 6.44. The van der Waals surface area contributed by atoms with Crippen molar-refractivity contribution in [2.24, 2.45) is 0 Å². The van der Waals surface area contributed by atoms with Gasteiger partial charge in [0.15, 0.2) is 0 Å². The lowest BCUT2D eigenvalue weighted by Gasteiger charge is -2.20. The summed E-state index contributed by atoms with van der Waals surface area (Å²) in [5.41, 5.74) is 0.196. The van der Waals surface area contributed by atoms with Crippen LogP contribution in [0.2, 0.25) is 0 Å². The van der Waals surface area contributed by atoms with Crippen molar-refractivity contribution in [1.82, 2.24) is 5.16 Å². The molecule has 0 amide bonds. The molecular formula is C14H16N2O5S. The summed E-state index contributed by atoms with van der Waals surface area (Å²) < 4.78 is 30.9. The zero-order valence-corrected chi connectivity index (χ0v) is 12.9. The summed E-state index contributed by atoms with van der Waals surface area (Å²) in [5.74, 6) is -1.25. The Morgan fingerprint density at radius 3 is 2.41 bits per heavy atom. The lowest BCUT2D eigenvalue weighted by atomic mass is 9.85. The number of aromatic nitrogens is 1. The first-order valence-corrected chi connectivity index (χ1v) is 8.09. The first-order chi connectivity index (χ1) is 10.2. The van der Waals surface area contributed by atoms with Crippen LogP contribution in [0.5, 0.6) is 0 Å². The molecule has 0 unspecified atom stereocenters. The largest absolute Gasteiger partial charge is 0.481 e. The van der Waals surface area contributed by atoms with Crippen molar-refractivity contribution in [3.8, 4) is 0 Å². The minimum absolute atomic E-state index is 0.300. The van der Waals surface area contributed by atoms with Crippen molar-refractivity contribution in [1.29, 1.82) is 0 Å². The van der Waals surface area contributed by atoms with Gasteiger partial charge in [-0.3, -0.25) is 9.52 Å². The van der Waals surface area contributed by atoms with Crippen LogP contribution in [0, 0.1) is 0 Å². The van der Waals surface area contributed by atoms with Crippen molar-refractivity contribution in [2.75, 3.05) is 4.72 Å². The van der Waals surface area contributed by atoms with Crippen LogP contribution >= 0.6 is 0 Å². The predicted molar refractivity (Wildman–Crippen MR) is 79.9 cm³/mol. The summed E-state index contributed by atoms with van der Waals surface area (Å²) >= 11 is 0. The number of hydrogen-bond acceptors (Lipinski definition) is 5. The van der Waals surface area contributed by atoms with Crippen LogP contribution in [0.15, 0.2) is 41.1 Å². The zero-order chi connectivity index (χ0) is 16.4. The van der Waals surface area contributed by atoms with Gasteiger partial charge in [-0.25, -0.2) is 8.42 Å². The average Bonchev–Trinajstić information content (AvgIpc) is 2.90. The van der Waals surface area contributed by atoms with E-state index in [2.05, 4.69) is 14.4 Å². The summed E-state index contributed by atoms with van der Waals surface area (Å²) in [4.78, 5) is 11.2. The van der Waals surface area contributed by atoms with E-state index in [1.54, 1.807) is 26.0 Å². The number of anilines is 1. The smallest absolute Gasteiger partial charge is 0.313 e. The average molecular weight is 324 g/mol. The Morgan fingerprint density at radius 1 is 1.27 bits per heavy atom. The zero-order valence-electron chi connectivity index (χ0n) is 12.1. The predicted octanol–water partition coefficient (Wildman–Crippen LogP) is 1.98. The summed E-state index contributed by atoms with van der Waals surface area (Å²) in [5, 5.41) is 12.7. The van der Waals surface area contributed by atoms with E-state index < -0.39 is 21.4 Å². The molecule has 7 nitrogen and oxygen atoms in total. The van der Waals surface area contributed by atoms with Gasteiger partial charge in [0.2, 0.25) is 10.0 Å². The Kier molecular flexibility index (Phi) is 4.23. The second-order valence-corrected chi connectivity index (χ2v) is 7.08. The number of benzene rings is 1. The Bertz CT molecular complexity index is 749. The lowest BCUT2D eigenvalue weighted by molar-refractivity contribution is -0.142. The van der Waals surface area contributed by atoms with Crippen LogP contribution < -0.4 is 4.72 Å². The van der Waals surface area contributed by atoms with Crippen LogP contribution in [0.3, 0.4) is 0 Å². The van der Waals surface area contributed by atoms with E-state index in [0.29, 0.717) is 16.9 Å². The fourth-order valence-corrected chi connectivity index (χ4v) is 2.91. The molecular weight excluding hydrogens is 308 g/mol. The highest BCUT2D eigenvalue weighted by atomic mass is 32.2. The highest BCUT2D eigenvalue weighted by molar-refractivity contribution is 7.91. The summed E-state index contributed by atoms with van der Waals surface area (Å²) in [6.07, 6.45) is 1.30. The molecule has 0 radical (unpaired) electrons. The lowest BCUT2D eigenvalue weighted by Crippen LogP contribution is -2.28. The van der Waals surface area contributed by atoms with Gasteiger partial charge in [0.1, 0.15) is 17.7 Å². The number of carboxylic acid groups (broad SMARTS) is 1. The molecule has 0 spiro atoms. The van der Waals surface area contributed by atoms with Crippen LogP contribution in [-0.4, -0.2) is 24.7 Å². The number of nitrogens with one attached hydrogen (secondary N) is 1. The standard InChI is InChI=1S/C14H16N2O5S/c1-14(2,13(17)18)10-3-5-11(6-4-10)16-22(19,20)9-12-7-8-21-15-12/h3-8,16H,9H2,1-2H3,(H,17,18). The third kappa shape index (κ3) is 3.64. The van der Waals surface area contributed by atoms with Gasteiger partial charge >= 0.3 is 5.97 Å². The quantitative estimate of drug-likeness (QED) is 0.841. The van der Waals surface area contributed by atoms with Gasteiger partial charge in [-0.1, -0.05) is 17.3 Å². The number of aliphatic carboxylic acids is 1. The third-order valence-electron chi connectivity index (χ3n) is 3.24. The molecule has 118 valence electrons. The SMILES string of the molecule is CC(C)(C(=O)O)c1ccc(NS(=O)(=O)Cc2ccon2)cc1. The van der Waals surface area contributed by atoms with Gasteiger partial charge < -0.3 is 9.63 Å². The molecule has 2 rings (SSSR count). The Hall–Kier alpha value is -2.35. The summed E-state index contributed by atoms with van der Waals surface area (Å²) in [6.45, 7) is 3.16. The van der Waals surface area contributed by atoms with E-state index in [1.807, 2.05) is 0 Å². The minimum atomic E-state index is -3.61. The monoisotopic (exact) mass is 324 g/mol. The molecule has 1 heterocycles. The number of carbonyl (C=O) groups is 1. The molecule has 8 heteroatoms.